The molecule has 0 bridgehead atoms. The zero-order valence-corrected chi connectivity index (χ0v) is 20.6. The number of anilines is 1. The van der Waals surface area contributed by atoms with E-state index in [2.05, 4.69) is 12.2 Å². The monoisotopic (exact) mass is 487 g/mol. The number of nitrogens with zero attached hydrogens (tertiary/aromatic N) is 2. The molecule has 1 aromatic heterocycles. The zero-order chi connectivity index (χ0) is 24.7. The Hall–Kier alpha value is -3.77. The molecule has 178 valence electrons. The van der Waals surface area contributed by atoms with Gasteiger partial charge in [-0.1, -0.05) is 48.4 Å². The Kier molecular flexibility index (Phi) is 5.99. The van der Waals surface area contributed by atoms with E-state index in [4.69, 9.17) is 16.3 Å². The van der Waals surface area contributed by atoms with Crippen LogP contribution in [0.2, 0.25) is 5.02 Å². The van der Waals surface area contributed by atoms with Gasteiger partial charge in [0.1, 0.15) is 12.3 Å². The summed E-state index contributed by atoms with van der Waals surface area (Å²) in [5, 5.41) is 3.56. The average Bonchev–Trinajstić information content (AvgIpc) is 3.10. The molecule has 4 aromatic rings. The molecule has 0 saturated carbocycles. The number of ether oxygens (including phenoxy) is 1. The highest BCUT2D eigenvalue weighted by molar-refractivity contribution is 6.30. The molecular formula is C28H26ClN3O3. The lowest BCUT2D eigenvalue weighted by Gasteiger charge is -2.20. The topological polar surface area (TPSA) is 65.3 Å². The summed E-state index contributed by atoms with van der Waals surface area (Å²) >= 11 is 6.18. The van der Waals surface area contributed by atoms with Crippen molar-refractivity contribution in [3.05, 3.63) is 104 Å². The summed E-state index contributed by atoms with van der Waals surface area (Å²) in [5.41, 5.74) is 5.80. The Morgan fingerprint density at radius 2 is 1.83 bits per heavy atom. The smallest absolute Gasteiger partial charge is 0.278 e. The number of amides is 1. The molecule has 0 spiro atoms. The summed E-state index contributed by atoms with van der Waals surface area (Å²) in [4.78, 5) is 26.8. The van der Waals surface area contributed by atoms with Gasteiger partial charge in [0.2, 0.25) is 11.8 Å². The molecule has 1 amide bonds. The predicted octanol–water partition coefficient (Wildman–Crippen LogP) is 5.81. The zero-order valence-electron chi connectivity index (χ0n) is 19.9. The van der Waals surface area contributed by atoms with Crippen molar-refractivity contribution in [1.82, 2.24) is 9.36 Å². The molecule has 5 rings (SSSR count). The standard InChI is InChI=1S/C28H26ClN3O3/c1-4-19-6-9-22(10-7-19)32-27(34)23-15-20-14-21(29)8-12-25(20)35-28(23)31(32)16-26(33)30-24-11-5-17(2)13-18(24)3/h5-14H,4,15-16H2,1-3H3,(H,30,33). The van der Waals surface area contributed by atoms with Crippen molar-refractivity contribution in [1.29, 1.82) is 0 Å². The van der Waals surface area contributed by atoms with Crippen molar-refractivity contribution in [2.24, 2.45) is 0 Å². The lowest BCUT2D eigenvalue weighted by atomic mass is 10.0. The second-order valence-electron chi connectivity index (χ2n) is 8.88. The number of aromatic nitrogens is 2. The van der Waals surface area contributed by atoms with E-state index < -0.39 is 0 Å². The third kappa shape index (κ3) is 4.37. The van der Waals surface area contributed by atoms with E-state index >= 15 is 0 Å². The van der Waals surface area contributed by atoms with E-state index in [9.17, 15) is 9.59 Å². The highest BCUT2D eigenvalue weighted by Crippen LogP contribution is 2.37. The number of carbonyl (C=O) groups is 1. The van der Waals surface area contributed by atoms with Crippen molar-refractivity contribution in [2.45, 2.75) is 40.2 Å². The van der Waals surface area contributed by atoms with Gasteiger partial charge in [-0.25, -0.2) is 9.36 Å². The number of hydrogen-bond donors (Lipinski definition) is 1. The fourth-order valence-corrected chi connectivity index (χ4v) is 4.67. The van der Waals surface area contributed by atoms with Crippen molar-refractivity contribution in [2.75, 3.05) is 5.32 Å². The molecule has 1 aliphatic heterocycles. The number of rotatable bonds is 5. The maximum Gasteiger partial charge on any atom is 0.278 e. The minimum Gasteiger partial charge on any atom is -0.439 e. The number of carbonyl (C=O) groups excluding carboxylic acids is 1. The average molecular weight is 488 g/mol. The Morgan fingerprint density at radius 3 is 2.54 bits per heavy atom. The lowest BCUT2D eigenvalue weighted by molar-refractivity contribution is -0.117. The normalized spacial score (nSPS) is 12.0. The van der Waals surface area contributed by atoms with Crippen LogP contribution in [0, 0.1) is 13.8 Å². The SMILES string of the molecule is CCc1ccc(-n2c(=O)c3c(n2CC(=O)Nc2ccc(C)cc2C)Oc2ccc(Cl)cc2C3)cc1. The van der Waals surface area contributed by atoms with Gasteiger partial charge in [0.15, 0.2) is 0 Å². The first kappa shape index (κ1) is 23.0. The molecule has 0 aliphatic carbocycles. The van der Waals surface area contributed by atoms with Gasteiger partial charge in [-0.2, -0.15) is 0 Å². The second kappa shape index (κ2) is 9.12. The van der Waals surface area contributed by atoms with Crippen LogP contribution < -0.4 is 15.6 Å². The van der Waals surface area contributed by atoms with Gasteiger partial charge >= 0.3 is 0 Å². The molecule has 6 nitrogen and oxygen atoms in total. The Balaban J connectivity index is 1.57. The van der Waals surface area contributed by atoms with Crippen LogP contribution in [-0.2, 0) is 24.2 Å². The Bertz CT molecular complexity index is 1500. The lowest BCUT2D eigenvalue weighted by Crippen LogP contribution is -2.27. The second-order valence-corrected chi connectivity index (χ2v) is 9.31. The van der Waals surface area contributed by atoms with E-state index in [0.717, 1.165) is 34.4 Å². The summed E-state index contributed by atoms with van der Waals surface area (Å²) in [6.07, 6.45) is 1.27. The molecule has 7 heteroatoms. The van der Waals surface area contributed by atoms with Crippen LogP contribution in [0.15, 0.2) is 65.5 Å². The fraction of sp³-hybridized carbons (Fsp3) is 0.214. The van der Waals surface area contributed by atoms with Crippen molar-refractivity contribution in [3.8, 4) is 17.3 Å². The molecule has 0 atom stereocenters. The van der Waals surface area contributed by atoms with Crippen LogP contribution in [0.25, 0.3) is 5.69 Å². The first-order valence-corrected chi connectivity index (χ1v) is 12.0. The van der Waals surface area contributed by atoms with Crippen molar-refractivity contribution >= 4 is 23.2 Å². The van der Waals surface area contributed by atoms with Gasteiger partial charge in [0.25, 0.3) is 5.56 Å². The Labute approximate surface area is 208 Å². The number of nitrogens with one attached hydrogen (secondary N) is 1. The van der Waals surface area contributed by atoms with E-state index in [1.807, 2.05) is 62.4 Å². The van der Waals surface area contributed by atoms with Crippen molar-refractivity contribution < 1.29 is 9.53 Å². The number of aryl methyl sites for hydroxylation is 3. The number of fused-ring (bicyclic) bond motifs is 2. The van der Waals surface area contributed by atoms with E-state index in [1.54, 1.807) is 16.8 Å². The summed E-state index contributed by atoms with van der Waals surface area (Å²) in [5.74, 6) is 0.753. The first-order chi connectivity index (χ1) is 16.8. The van der Waals surface area contributed by atoms with Crippen molar-refractivity contribution in [3.63, 3.8) is 0 Å². The predicted molar refractivity (Wildman–Crippen MR) is 138 cm³/mol. The van der Waals surface area contributed by atoms with Gasteiger partial charge in [-0.15, -0.1) is 0 Å². The highest BCUT2D eigenvalue weighted by atomic mass is 35.5. The molecule has 1 aliphatic rings. The molecule has 3 aromatic carbocycles. The van der Waals surface area contributed by atoms with E-state index in [-0.39, 0.29) is 18.0 Å². The first-order valence-electron chi connectivity index (χ1n) is 11.6. The third-order valence-electron chi connectivity index (χ3n) is 6.32. The van der Waals surface area contributed by atoms with Crippen LogP contribution in [0.3, 0.4) is 0 Å². The van der Waals surface area contributed by atoms with Gasteiger partial charge < -0.3 is 10.1 Å². The molecule has 0 saturated heterocycles. The molecule has 1 N–H and O–H groups in total. The summed E-state index contributed by atoms with van der Waals surface area (Å²) in [6.45, 7) is 5.96. The largest absolute Gasteiger partial charge is 0.439 e. The highest BCUT2D eigenvalue weighted by Gasteiger charge is 2.29. The minimum atomic E-state index is -0.251. The van der Waals surface area contributed by atoms with Gasteiger partial charge in [0.05, 0.1) is 11.3 Å². The molecule has 0 unspecified atom stereocenters. The molecular weight excluding hydrogens is 462 g/mol. The van der Waals surface area contributed by atoms with Crippen LogP contribution >= 0.6 is 11.6 Å². The fourth-order valence-electron chi connectivity index (χ4n) is 4.47. The molecule has 0 fully saturated rings. The van der Waals surface area contributed by atoms with E-state index in [0.29, 0.717) is 34.3 Å². The van der Waals surface area contributed by atoms with Gasteiger partial charge in [-0.05, 0) is 67.8 Å². The summed E-state index contributed by atoms with van der Waals surface area (Å²) < 4.78 is 9.33. The number of halogens is 1. The van der Waals surface area contributed by atoms with E-state index in [1.165, 1.54) is 4.68 Å². The third-order valence-corrected chi connectivity index (χ3v) is 6.55. The molecule has 0 radical (unpaired) electrons. The maximum atomic E-state index is 13.6. The van der Waals surface area contributed by atoms with Gasteiger partial charge in [0, 0.05) is 22.7 Å². The van der Waals surface area contributed by atoms with Crippen LogP contribution in [0.4, 0.5) is 5.69 Å². The van der Waals surface area contributed by atoms with Crippen LogP contribution in [0.5, 0.6) is 11.6 Å². The maximum absolute atomic E-state index is 13.6. The number of hydrogen-bond acceptors (Lipinski definition) is 3. The van der Waals surface area contributed by atoms with Crippen LogP contribution in [-0.4, -0.2) is 15.3 Å². The molecule has 2 heterocycles. The molecule has 35 heavy (non-hydrogen) atoms. The Morgan fingerprint density at radius 1 is 1.06 bits per heavy atom. The van der Waals surface area contributed by atoms with Crippen LogP contribution in [0.1, 0.15) is 34.7 Å². The summed E-state index contributed by atoms with van der Waals surface area (Å²) in [7, 11) is 0. The minimum absolute atomic E-state index is 0.0870. The van der Waals surface area contributed by atoms with Gasteiger partial charge in [-0.3, -0.25) is 9.59 Å². The quantitative estimate of drug-likeness (QED) is 0.340. The summed E-state index contributed by atoms with van der Waals surface area (Å²) in [6, 6.07) is 19.0. The number of benzene rings is 3.